The lowest BCUT2D eigenvalue weighted by molar-refractivity contribution is -0.118. The number of hydrogen-bond acceptors (Lipinski definition) is 6. The third-order valence-electron chi connectivity index (χ3n) is 6.44. The molecule has 0 radical (unpaired) electrons. The largest absolute Gasteiger partial charge is 0.491 e. The summed E-state index contributed by atoms with van der Waals surface area (Å²) in [6.45, 7) is 10.4. The van der Waals surface area contributed by atoms with Gasteiger partial charge in [-0.3, -0.25) is 9.59 Å². The van der Waals surface area contributed by atoms with Gasteiger partial charge in [-0.15, -0.1) is 0 Å². The van der Waals surface area contributed by atoms with Gasteiger partial charge in [0.1, 0.15) is 12.4 Å². The number of aliphatic hydroxyl groups excluding tert-OH is 1. The second kappa shape index (κ2) is 11.5. The van der Waals surface area contributed by atoms with Gasteiger partial charge in [-0.25, -0.2) is 0 Å². The second-order valence-electron chi connectivity index (χ2n) is 8.84. The molecule has 2 aliphatic rings. The SMILES string of the molecule is CCN(c1cc(OCCO)cc(C(=O)NCC2=C(C)CC(C)NC2=O)c1C)C1CCOCC1. The first-order valence-corrected chi connectivity index (χ1v) is 11.9. The van der Waals surface area contributed by atoms with Crippen molar-refractivity contribution in [1.82, 2.24) is 10.6 Å². The maximum absolute atomic E-state index is 13.2. The van der Waals surface area contributed by atoms with Crippen molar-refractivity contribution in [3.63, 3.8) is 0 Å². The van der Waals surface area contributed by atoms with Gasteiger partial charge in [0.25, 0.3) is 5.91 Å². The molecular formula is C25H37N3O5. The van der Waals surface area contributed by atoms with Crippen molar-refractivity contribution in [2.24, 2.45) is 0 Å². The Labute approximate surface area is 196 Å². The molecule has 33 heavy (non-hydrogen) atoms. The molecule has 1 aromatic rings. The number of nitrogens with one attached hydrogen (secondary N) is 2. The third kappa shape index (κ3) is 6.06. The number of carbonyl (C=O) groups excluding carboxylic acids is 2. The van der Waals surface area contributed by atoms with E-state index in [0.29, 0.717) is 22.9 Å². The summed E-state index contributed by atoms with van der Waals surface area (Å²) >= 11 is 0. The Balaban J connectivity index is 1.88. The predicted octanol–water partition coefficient (Wildman–Crippen LogP) is 2.33. The van der Waals surface area contributed by atoms with E-state index in [1.54, 1.807) is 6.07 Å². The van der Waals surface area contributed by atoms with E-state index >= 15 is 0 Å². The fourth-order valence-electron chi connectivity index (χ4n) is 4.71. The van der Waals surface area contributed by atoms with E-state index in [1.807, 2.05) is 26.8 Å². The molecule has 1 atom stereocenters. The maximum Gasteiger partial charge on any atom is 0.252 e. The summed E-state index contributed by atoms with van der Waals surface area (Å²) in [5, 5.41) is 15.1. The predicted molar refractivity (Wildman–Crippen MR) is 128 cm³/mol. The van der Waals surface area contributed by atoms with Crippen LogP contribution in [-0.4, -0.2) is 68.5 Å². The Kier molecular flexibility index (Phi) is 8.74. The lowest BCUT2D eigenvalue weighted by atomic mass is 9.97. The van der Waals surface area contributed by atoms with E-state index < -0.39 is 0 Å². The van der Waals surface area contributed by atoms with Crippen LogP contribution in [-0.2, 0) is 9.53 Å². The van der Waals surface area contributed by atoms with Gasteiger partial charge in [-0.2, -0.15) is 0 Å². The van der Waals surface area contributed by atoms with E-state index in [-0.39, 0.29) is 37.6 Å². The van der Waals surface area contributed by atoms with Crippen LogP contribution in [0.2, 0.25) is 0 Å². The lowest BCUT2D eigenvalue weighted by Gasteiger charge is -2.36. The third-order valence-corrected chi connectivity index (χ3v) is 6.44. The lowest BCUT2D eigenvalue weighted by Crippen LogP contribution is -2.42. The first kappa shape index (κ1) is 25.1. The number of carbonyl (C=O) groups is 2. The summed E-state index contributed by atoms with van der Waals surface area (Å²) in [6, 6.07) is 4.09. The number of nitrogens with zero attached hydrogens (tertiary/aromatic N) is 1. The van der Waals surface area contributed by atoms with E-state index in [1.165, 1.54) is 0 Å². The minimum absolute atomic E-state index is 0.104. The molecule has 3 rings (SSSR count). The van der Waals surface area contributed by atoms with E-state index in [9.17, 15) is 14.7 Å². The highest BCUT2D eigenvalue weighted by molar-refractivity contribution is 6.00. The van der Waals surface area contributed by atoms with Gasteiger partial charge in [0.15, 0.2) is 0 Å². The van der Waals surface area contributed by atoms with Crippen molar-refractivity contribution in [3.8, 4) is 5.75 Å². The van der Waals surface area contributed by atoms with E-state index in [4.69, 9.17) is 9.47 Å². The molecule has 0 spiro atoms. The quantitative estimate of drug-likeness (QED) is 0.524. The Hall–Kier alpha value is -2.58. The van der Waals surface area contributed by atoms with Crippen LogP contribution in [0, 0.1) is 6.92 Å². The van der Waals surface area contributed by atoms with Gasteiger partial charge in [0.05, 0.1) is 6.61 Å². The molecule has 0 saturated carbocycles. The van der Waals surface area contributed by atoms with Gasteiger partial charge >= 0.3 is 0 Å². The number of rotatable bonds is 9. The first-order chi connectivity index (χ1) is 15.8. The molecule has 2 amide bonds. The van der Waals surface area contributed by atoms with Crippen molar-refractivity contribution in [1.29, 1.82) is 0 Å². The van der Waals surface area contributed by atoms with Crippen LogP contribution in [0.15, 0.2) is 23.3 Å². The molecule has 0 aromatic heterocycles. The van der Waals surface area contributed by atoms with Gasteiger partial charge in [-0.05, 0) is 58.6 Å². The molecule has 3 N–H and O–H groups in total. The molecule has 1 unspecified atom stereocenters. The van der Waals surface area contributed by atoms with Gasteiger partial charge in [-0.1, -0.05) is 5.57 Å². The first-order valence-electron chi connectivity index (χ1n) is 11.9. The maximum atomic E-state index is 13.2. The number of aliphatic hydroxyl groups is 1. The van der Waals surface area contributed by atoms with Gasteiger partial charge in [0, 0.05) is 61.3 Å². The molecule has 1 fully saturated rings. The standard InChI is InChI=1S/C25H37N3O5/c1-5-28(19-6-9-32-10-7-19)23-14-20(33-11-8-29)13-21(18(23)4)24(30)26-15-22-16(2)12-17(3)27-25(22)31/h13-14,17,19,29H,5-12,15H2,1-4H3,(H,26,30)(H,27,31). The summed E-state index contributed by atoms with van der Waals surface area (Å²) < 4.78 is 11.2. The summed E-state index contributed by atoms with van der Waals surface area (Å²) in [5.41, 5.74) is 3.94. The van der Waals surface area contributed by atoms with Crippen molar-refractivity contribution < 1.29 is 24.2 Å². The fraction of sp³-hybridized carbons (Fsp3) is 0.600. The molecule has 0 aliphatic carbocycles. The molecule has 8 nitrogen and oxygen atoms in total. The summed E-state index contributed by atoms with van der Waals surface area (Å²) in [5.74, 6) is 0.165. The van der Waals surface area contributed by atoms with Crippen molar-refractivity contribution in [2.75, 3.05) is 44.4 Å². The molecule has 2 heterocycles. The number of benzene rings is 1. The highest BCUT2D eigenvalue weighted by Gasteiger charge is 2.26. The topological polar surface area (TPSA) is 100 Å². The Morgan fingerprint density at radius 3 is 2.67 bits per heavy atom. The van der Waals surface area contributed by atoms with Crippen LogP contribution in [0.4, 0.5) is 5.69 Å². The molecule has 2 aliphatic heterocycles. The van der Waals surface area contributed by atoms with Gasteiger partial charge in [0.2, 0.25) is 5.91 Å². The van der Waals surface area contributed by atoms with Crippen LogP contribution in [0.25, 0.3) is 0 Å². The zero-order valence-corrected chi connectivity index (χ0v) is 20.2. The van der Waals surface area contributed by atoms with Crippen LogP contribution >= 0.6 is 0 Å². The zero-order valence-electron chi connectivity index (χ0n) is 20.2. The number of ether oxygens (including phenoxy) is 2. The van der Waals surface area contributed by atoms with Crippen molar-refractivity contribution >= 4 is 17.5 Å². The average molecular weight is 460 g/mol. The van der Waals surface area contributed by atoms with Crippen LogP contribution in [0.5, 0.6) is 5.75 Å². The minimum Gasteiger partial charge on any atom is -0.491 e. The molecular weight excluding hydrogens is 422 g/mol. The van der Waals surface area contributed by atoms with Gasteiger partial charge < -0.3 is 30.1 Å². The van der Waals surface area contributed by atoms with Crippen LogP contribution in [0.1, 0.15) is 56.0 Å². The fourth-order valence-corrected chi connectivity index (χ4v) is 4.71. The molecule has 1 saturated heterocycles. The minimum atomic E-state index is -0.252. The summed E-state index contributed by atoms with van der Waals surface area (Å²) in [6.07, 6.45) is 2.64. The van der Waals surface area contributed by atoms with Crippen molar-refractivity contribution in [2.45, 2.75) is 59.0 Å². The van der Waals surface area contributed by atoms with Crippen LogP contribution < -0.4 is 20.3 Å². The second-order valence-corrected chi connectivity index (χ2v) is 8.84. The number of amides is 2. The molecule has 182 valence electrons. The monoisotopic (exact) mass is 459 g/mol. The normalized spacial score (nSPS) is 19.3. The number of anilines is 1. The molecule has 8 heteroatoms. The Bertz CT molecular complexity index is 892. The Morgan fingerprint density at radius 1 is 1.30 bits per heavy atom. The zero-order chi connectivity index (χ0) is 24.0. The molecule has 0 bridgehead atoms. The van der Waals surface area contributed by atoms with E-state index in [2.05, 4.69) is 22.5 Å². The molecule has 1 aromatic carbocycles. The van der Waals surface area contributed by atoms with Crippen molar-refractivity contribution in [3.05, 3.63) is 34.4 Å². The van der Waals surface area contributed by atoms with E-state index in [0.717, 1.165) is 55.8 Å². The highest BCUT2D eigenvalue weighted by Crippen LogP contribution is 2.33. The summed E-state index contributed by atoms with van der Waals surface area (Å²) in [4.78, 5) is 27.9. The number of hydrogen-bond donors (Lipinski definition) is 3. The highest BCUT2D eigenvalue weighted by atomic mass is 16.5. The average Bonchev–Trinajstić information content (AvgIpc) is 2.79. The summed E-state index contributed by atoms with van der Waals surface area (Å²) in [7, 11) is 0. The van der Waals surface area contributed by atoms with Crippen LogP contribution in [0.3, 0.4) is 0 Å². The Morgan fingerprint density at radius 2 is 2.03 bits per heavy atom. The smallest absolute Gasteiger partial charge is 0.252 e.